The molecule has 0 heterocycles. The zero-order valence-electron chi connectivity index (χ0n) is 15.9. The predicted molar refractivity (Wildman–Crippen MR) is 106 cm³/mol. The molecule has 30 heavy (non-hydrogen) atoms. The Morgan fingerprint density at radius 3 is 2.20 bits per heavy atom. The van der Waals surface area contributed by atoms with Gasteiger partial charge in [0, 0.05) is 5.56 Å². The first kappa shape index (κ1) is 20.7. The number of rotatable bonds is 5. The van der Waals surface area contributed by atoms with Crippen molar-refractivity contribution < 1.29 is 23.1 Å². The highest BCUT2D eigenvalue weighted by atomic mass is 19.1. The number of anilines is 1. The number of esters is 1. The maximum atomic E-state index is 13.7. The van der Waals surface area contributed by atoms with E-state index in [0.29, 0.717) is 16.7 Å². The standard InChI is InChI=1S/C23H16F2N2O3/c1-14(22(28)27-21-19(24)11-6-12-20(21)25)30-23(29)18-10-5-4-9-17(18)16-8-3-2-7-15(16)13-26/h2-12,14H,1H3,(H,27,28). The molecule has 0 aliphatic heterocycles. The highest BCUT2D eigenvalue weighted by Crippen LogP contribution is 2.27. The minimum absolute atomic E-state index is 0.150. The van der Waals surface area contributed by atoms with Gasteiger partial charge >= 0.3 is 5.97 Å². The molecule has 0 spiro atoms. The molecule has 1 amide bonds. The smallest absolute Gasteiger partial charge is 0.339 e. The molecular weight excluding hydrogens is 390 g/mol. The minimum atomic E-state index is -1.32. The Hall–Kier alpha value is -4.05. The number of ether oxygens (including phenoxy) is 1. The van der Waals surface area contributed by atoms with E-state index in [-0.39, 0.29) is 5.56 Å². The summed E-state index contributed by atoms with van der Waals surface area (Å²) in [5.41, 5.74) is 0.912. The van der Waals surface area contributed by atoms with Crippen molar-refractivity contribution in [1.82, 2.24) is 0 Å². The Balaban J connectivity index is 1.81. The van der Waals surface area contributed by atoms with Crippen LogP contribution in [0.3, 0.4) is 0 Å². The van der Waals surface area contributed by atoms with Gasteiger partial charge in [0.25, 0.3) is 5.91 Å². The number of amides is 1. The molecule has 0 fully saturated rings. The molecule has 0 saturated heterocycles. The lowest BCUT2D eigenvalue weighted by Gasteiger charge is -2.16. The van der Waals surface area contributed by atoms with Crippen molar-refractivity contribution in [2.45, 2.75) is 13.0 Å². The third-order valence-corrected chi connectivity index (χ3v) is 4.35. The Labute approximate surface area is 171 Å². The summed E-state index contributed by atoms with van der Waals surface area (Å²) >= 11 is 0. The van der Waals surface area contributed by atoms with Crippen LogP contribution in [0.15, 0.2) is 66.7 Å². The van der Waals surface area contributed by atoms with Crippen molar-refractivity contribution in [3.63, 3.8) is 0 Å². The second-order valence-corrected chi connectivity index (χ2v) is 6.34. The van der Waals surface area contributed by atoms with Crippen LogP contribution < -0.4 is 5.32 Å². The SMILES string of the molecule is CC(OC(=O)c1ccccc1-c1ccccc1C#N)C(=O)Nc1c(F)cccc1F. The van der Waals surface area contributed by atoms with Crippen molar-refractivity contribution in [3.05, 3.63) is 89.5 Å². The molecule has 0 aliphatic carbocycles. The summed E-state index contributed by atoms with van der Waals surface area (Å²) in [5.74, 6) is -3.59. The van der Waals surface area contributed by atoms with Crippen LogP contribution in [0.1, 0.15) is 22.8 Å². The first-order valence-corrected chi connectivity index (χ1v) is 8.96. The molecule has 1 unspecified atom stereocenters. The van der Waals surface area contributed by atoms with Crippen LogP contribution in [0, 0.1) is 23.0 Å². The summed E-state index contributed by atoms with van der Waals surface area (Å²) in [4.78, 5) is 25.0. The fraction of sp³-hybridized carbons (Fsp3) is 0.0870. The summed E-state index contributed by atoms with van der Waals surface area (Å²) in [5, 5.41) is 11.4. The number of hydrogen-bond acceptors (Lipinski definition) is 4. The fourth-order valence-electron chi connectivity index (χ4n) is 2.83. The maximum absolute atomic E-state index is 13.7. The highest BCUT2D eigenvalue weighted by Gasteiger charge is 2.23. The monoisotopic (exact) mass is 406 g/mol. The van der Waals surface area contributed by atoms with E-state index in [2.05, 4.69) is 11.4 Å². The van der Waals surface area contributed by atoms with Crippen molar-refractivity contribution in [3.8, 4) is 17.2 Å². The van der Waals surface area contributed by atoms with E-state index in [4.69, 9.17) is 4.74 Å². The summed E-state index contributed by atoms with van der Waals surface area (Å²) in [6.07, 6.45) is -1.32. The van der Waals surface area contributed by atoms with Gasteiger partial charge in [-0.2, -0.15) is 5.26 Å². The summed E-state index contributed by atoms with van der Waals surface area (Å²) in [6.45, 7) is 1.29. The van der Waals surface area contributed by atoms with E-state index in [9.17, 15) is 23.6 Å². The van der Waals surface area contributed by atoms with E-state index in [1.165, 1.54) is 19.1 Å². The average Bonchev–Trinajstić information content (AvgIpc) is 2.76. The number of hydrogen-bond donors (Lipinski definition) is 1. The Morgan fingerprint density at radius 2 is 1.53 bits per heavy atom. The lowest BCUT2D eigenvalue weighted by molar-refractivity contribution is -0.123. The number of carbonyl (C=O) groups is 2. The highest BCUT2D eigenvalue weighted by molar-refractivity contribution is 6.01. The molecule has 0 aliphatic rings. The molecule has 3 aromatic rings. The molecule has 0 saturated carbocycles. The number of nitrogens with zero attached hydrogens (tertiary/aromatic N) is 1. The third-order valence-electron chi connectivity index (χ3n) is 4.35. The van der Waals surface area contributed by atoms with Crippen molar-refractivity contribution in [2.75, 3.05) is 5.32 Å². The molecule has 3 rings (SSSR count). The lowest BCUT2D eigenvalue weighted by Crippen LogP contribution is -2.30. The third kappa shape index (κ3) is 4.33. The summed E-state index contributed by atoms with van der Waals surface area (Å²) in [7, 11) is 0. The quantitative estimate of drug-likeness (QED) is 0.624. The number of nitriles is 1. The molecule has 5 nitrogen and oxygen atoms in total. The van der Waals surface area contributed by atoms with Gasteiger partial charge in [0.2, 0.25) is 0 Å². The molecular formula is C23H16F2N2O3. The van der Waals surface area contributed by atoms with Gasteiger partial charge in [-0.05, 0) is 36.8 Å². The van der Waals surface area contributed by atoms with Crippen LogP contribution in [-0.2, 0) is 9.53 Å². The molecule has 1 N–H and O–H groups in total. The first-order valence-electron chi connectivity index (χ1n) is 8.96. The summed E-state index contributed by atoms with van der Waals surface area (Å²) < 4.78 is 32.7. The van der Waals surface area contributed by atoms with Crippen LogP contribution in [0.2, 0.25) is 0 Å². The molecule has 150 valence electrons. The van der Waals surface area contributed by atoms with E-state index >= 15 is 0 Å². The van der Waals surface area contributed by atoms with E-state index in [1.807, 2.05) is 0 Å². The second-order valence-electron chi connectivity index (χ2n) is 6.34. The van der Waals surface area contributed by atoms with Gasteiger partial charge in [0.15, 0.2) is 6.10 Å². The molecule has 0 radical (unpaired) electrons. The van der Waals surface area contributed by atoms with E-state index in [0.717, 1.165) is 12.1 Å². The fourth-order valence-corrected chi connectivity index (χ4v) is 2.83. The van der Waals surface area contributed by atoms with Crippen LogP contribution in [-0.4, -0.2) is 18.0 Å². The zero-order chi connectivity index (χ0) is 21.7. The van der Waals surface area contributed by atoms with Gasteiger partial charge in [-0.15, -0.1) is 0 Å². The Morgan fingerprint density at radius 1 is 0.933 bits per heavy atom. The average molecular weight is 406 g/mol. The van der Waals surface area contributed by atoms with Crippen LogP contribution in [0.4, 0.5) is 14.5 Å². The second kappa shape index (κ2) is 8.97. The normalized spacial score (nSPS) is 11.3. The van der Waals surface area contributed by atoms with Crippen LogP contribution >= 0.6 is 0 Å². The number of halogens is 2. The number of nitrogens with one attached hydrogen (secondary N) is 1. The van der Waals surface area contributed by atoms with Crippen molar-refractivity contribution in [2.24, 2.45) is 0 Å². The largest absolute Gasteiger partial charge is 0.449 e. The van der Waals surface area contributed by atoms with Gasteiger partial charge < -0.3 is 10.1 Å². The lowest BCUT2D eigenvalue weighted by atomic mass is 9.96. The number of para-hydroxylation sites is 1. The summed E-state index contributed by atoms with van der Waals surface area (Å²) in [6, 6.07) is 18.5. The molecule has 0 aromatic heterocycles. The maximum Gasteiger partial charge on any atom is 0.339 e. The Kier molecular flexibility index (Phi) is 6.18. The van der Waals surface area contributed by atoms with Gasteiger partial charge in [-0.1, -0.05) is 42.5 Å². The number of benzene rings is 3. The van der Waals surface area contributed by atoms with Crippen molar-refractivity contribution in [1.29, 1.82) is 5.26 Å². The van der Waals surface area contributed by atoms with Crippen LogP contribution in [0.5, 0.6) is 0 Å². The predicted octanol–water partition coefficient (Wildman–Crippen LogP) is 4.69. The topological polar surface area (TPSA) is 79.2 Å². The number of carbonyl (C=O) groups excluding carboxylic acids is 2. The zero-order valence-corrected chi connectivity index (χ0v) is 15.9. The van der Waals surface area contributed by atoms with E-state index in [1.54, 1.807) is 42.5 Å². The van der Waals surface area contributed by atoms with Crippen LogP contribution in [0.25, 0.3) is 11.1 Å². The minimum Gasteiger partial charge on any atom is -0.449 e. The van der Waals surface area contributed by atoms with Gasteiger partial charge in [0.05, 0.1) is 17.2 Å². The molecule has 0 bridgehead atoms. The molecule has 1 atom stereocenters. The van der Waals surface area contributed by atoms with Gasteiger partial charge in [-0.25, -0.2) is 13.6 Å². The first-order chi connectivity index (χ1) is 14.4. The van der Waals surface area contributed by atoms with E-state index < -0.39 is 35.3 Å². The Bertz CT molecular complexity index is 1130. The molecule has 7 heteroatoms. The van der Waals surface area contributed by atoms with Gasteiger partial charge in [-0.3, -0.25) is 4.79 Å². The van der Waals surface area contributed by atoms with Crippen molar-refractivity contribution >= 4 is 17.6 Å². The molecule has 3 aromatic carbocycles. The van der Waals surface area contributed by atoms with Gasteiger partial charge in [0.1, 0.15) is 17.3 Å².